The summed E-state index contributed by atoms with van der Waals surface area (Å²) >= 11 is 0. The second kappa shape index (κ2) is 7.63. The van der Waals surface area contributed by atoms with E-state index in [1.807, 2.05) is 6.92 Å². The fourth-order valence-corrected chi connectivity index (χ4v) is 2.10. The van der Waals surface area contributed by atoms with E-state index in [0.29, 0.717) is 13.0 Å². The van der Waals surface area contributed by atoms with Crippen LogP contribution in [-0.2, 0) is 9.53 Å². The Bertz CT molecular complexity index is 236. The van der Waals surface area contributed by atoms with E-state index >= 15 is 0 Å². The maximum atomic E-state index is 10.9. The van der Waals surface area contributed by atoms with Crippen LogP contribution in [0.25, 0.3) is 0 Å². The third kappa shape index (κ3) is 5.48. The number of nitrogens with zero attached hydrogens (tertiary/aromatic N) is 2. The van der Waals surface area contributed by atoms with E-state index in [4.69, 9.17) is 9.84 Å². The van der Waals surface area contributed by atoms with Crippen LogP contribution in [0.1, 0.15) is 19.8 Å². The lowest BCUT2D eigenvalue weighted by molar-refractivity contribution is -0.150. The van der Waals surface area contributed by atoms with Gasteiger partial charge in [0.25, 0.3) is 0 Å². The minimum atomic E-state index is -0.848. The van der Waals surface area contributed by atoms with Gasteiger partial charge >= 0.3 is 5.97 Å². The summed E-state index contributed by atoms with van der Waals surface area (Å²) < 4.78 is 5.21. The molecule has 0 radical (unpaired) electrons. The summed E-state index contributed by atoms with van der Waals surface area (Å²) in [5.41, 5.74) is 0. The lowest BCUT2D eigenvalue weighted by Gasteiger charge is -2.22. The third-order valence-corrected chi connectivity index (χ3v) is 3.16. The van der Waals surface area contributed by atoms with Gasteiger partial charge in [0.15, 0.2) is 6.10 Å². The zero-order valence-corrected chi connectivity index (χ0v) is 10.9. The first-order chi connectivity index (χ1) is 8.13. The molecular weight excluding hydrogens is 220 g/mol. The molecule has 1 aliphatic heterocycles. The van der Waals surface area contributed by atoms with Gasteiger partial charge in [-0.1, -0.05) is 0 Å². The maximum Gasteiger partial charge on any atom is 0.332 e. The lowest BCUT2D eigenvalue weighted by atomic mass is 10.2. The van der Waals surface area contributed by atoms with Crippen LogP contribution in [0.5, 0.6) is 0 Å². The van der Waals surface area contributed by atoms with E-state index in [-0.39, 0.29) is 0 Å². The number of carbonyl (C=O) groups is 1. The van der Waals surface area contributed by atoms with Gasteiger partial charge in [0.05, 0.1) is 0 Å². The number of hydrogen-bond donors (Lipinski definition) is 1. The molecule has 17 heavy (non-hydrogen) atoms. The number of ether oxygens (including phenoxy) is 1. The molecule has 0 spiro atoms. The molecule has 1 N–H and O–H groups in total. The smallest absolute Gasteiger partial charge is 0.332 e. The number of carboxylic acids is 1. The van der Waals surface area contributed by atoms with Crippen molar-refractivity contribution in [1.82, 2.24) is 9.80 Å². The molecule has 5 heteroatoms. The molecule has 0 saturated carbocycles. The summed E-state index contributed by atoms with van der Waals surface area (Å²) in [4.78, 5) is 15.6. The largest absolute Gasteiger partial charge is 0.479 e. The fraction of sp³-hybridized carbons (Fsp3) is 0.917. The second-order valence-electron chi connectivity index (χ2n) is 4.57. The van der Waals surface area contributed by atoms with Gasteiger partial charge in [0, 0.05) is 26.2 Å². The molecule has 0 aliphatic carbocycles. The van der Waals surface area contributed by atoms with Crippen LogP contribution in [0.15, 0.2) is 0 Å². The number of aliphatic carboxylic acids is 1. The zero-order valence-electron chi connectivity index (χ0n) is 10.9. The van der Waals surface area contributed by atoms with Crippen molar-refractivity contribution in [2.45, 2.75) is 25.9 Å². The second-order valence-corrected chi connectivity index (χ2v) is 4.57. The van der Waals surface area contributed by atoms with Gasteiger partial charge in [-0.3, -0.25) is 0 Å². The lowest BCUT2D eigenvalue weighted by Crippen LogP contribution is -2.34. The molecule has 0 aromatic carbocycles. The molecule has 1 saturated heterocycles. The first kappa shape index (κ1) is 14.4. The first-order valence-electron chi connectivity index (χ1n) is 6.38. The van der Waals surface area contributed by atoms with Crippen molar-refractivity contribution in [3.8, 4) is 0 Å². The number of rotatable bonds is 6. The van der Waals surface area contributed by atoms with Crippen LogP contribution >= 0.6 is 0 Å². The molecule has 1 unspecified atom stereocenters. The Morgan fingerprint density at radius 2 is 2.12 bits per heavy atom. The van der Waals surface area contributed by atoms with Gasteiger partial charge in [0.2, 0.25) is 0 Å². The average Bonchev–Trinajstić information content (AvgIpc) is 2.49. The van der Waals surface area contributed by atoms with Crippen molar-refractivity contribution in [2.24, 2.45) is 0 Å². The highest BCUT2D eigenvalue weighted by molar-refractivity contribution is 5.72. The maximum absolute atomic E-state index is 10.9. The summed E-state index contributed by atoms with van der Waals surface area (Å²) in [6, 6.07) is 0. The Morgan fingerprint density at radius 3 is 2.76 bits per heavy atom. The summed E-state index contributed by atoms with van der Waals surface area (Å²) in [5.74, 6) is -0.848. The summed E-state index contributed by atoms with van der Waals surface area (Å²) in [5, 5.41) is 8.98. The van der Waals surface area contributed by atoms with Crippen LogP contribution < -0.4 is 0 Å². The monoisotopic (exact) mass is 244 g/mol. The summed E-state index contributed by atoms with van der Waals surface area (Å²) in [7, 11) is 2.13. The van der Waals surface area contributed by atoms with Crippen LogP contribution in [0.4, 0.5) is 0 Å². The highest BCUT2D eigenvalue weighted by Crippen LogP contribution is 2.05. The van der Waals surface area contributed by atoms with Crippen LogP contribution in [0.2, 0.25) is 0 Å². The molecule has 0 bridgehead atoms. The van der Waals surface area contributed by atoms with E-state index in [1.165, 1.54) is 0 Å². The minimum Gasteiger partial charge on any atom is -0.479 e. The van der Waals surface area contributed by atoms with E-state index in [9.17, 15) is 4.79 Å². The van der Waals surface area contributed by atoms with Crippen molar-refractivity contribution in [3.63, 3.8) is 0 Å². The molecule has 1 rings (SSSR count). The summed E-state index contributed by atoms with van der Waals surface area (Å²) in [6.07, 6.45) is 1.08. The number of hydrogen-bond acceptors (Lipinski definition) is 4. The topological polar surface area (TPSA) is 53.0 Å². The Balaban J connectivity index is 2.30. The van der Waals surface area contributed by atoms with Gasteiger partial charge < -0.3 is 19.6 Å². The number of likely N-dealkylation sites (N-methyl/N-ethyl adjacent to an activating group) is 1. The average molecular weight is 244 g/mol. The number of carboxylic acid groups (broad SMARTS) is 1. The zero-order chi connectivity index (χ0) is 12.7. The molecule has 1 heterocycles. The Labute approximate surface area is 103 Å². The molecular formula is C12H24N2O3. The van der Waals surface area contributed by atoms with Crippen LogP contribution in [0.3, 0.4) is 0 Å². The van der Waals surface area contributed by atoms with Gasteiger partial charge in [0.1, 0.15) is 0 Å². The molecule has 100 valence electrons. The Morgan fingerprint density at radius 1 is 1.35 bits per heavy atom. The predicted octanol–water partition coefficient (Wildman–Crippen LogP) is 0.504. The van der Waals surface area contributed by atoms with Crippen molar-refractivity contribution in [2.75, 3.05) is 46.4 Å². The van der Waals surface area contributed by atoms with Crippen molar-refractivity contribution in [1.29, 1.82) is 0 Å². The van der Waals surface area contributed by atoms with Gasteiger partial charge in [-0.15, -0.1) is 0 Å². The predicted molar refractivity (Wildman–Crippen MR) is 66.2 cm³/mol. The third-order valence-electron chi connectivity index (χ3n) is 3.16. The molecule has 1 atom stereocenters. The highest BCUT2D eigenvalue weighted by atomic mass is 16.5. The van der Waals surface area contributed by atoms with Gasteiger partial charge in [-0.25, -0.2) is 4.79 Å². The van der Waals surface area contributed by atoms with Crippen LogP contribution in [0, 0.1) is 0 Å². The molecule has 0 aromatic rings. The Hall–Kier alpha value is -0.650. The molecule has 0 aromatic heterocycles. The summed E-state index contributed by atoms with van der Waals surface area (Å²) in [6.45, 7) is 7.37. The van der Waals surface area contributed by atoms with E-state index in [2.05, 4.69) is 16.8 Å². The highest BCUT2D eigenvalue weighted by Gasteiger charge is 2.19. The standard InChI is InChI=1S/C12H24N2O3/c1-3-17-11(12(15)16)5-8-14-7-4-6-13(2)9-10-14/h11H,3-10H2,1-2H3,(H,15,16). The van der Waals surface area contributed by atoms with E-state index in [0.717, 1.165) is 39.1 Å². The van der Waals surface area contributed by atoms with Gasteiger partial charge in [-0.05, 0) is 39.9 Å². The van der Waals surface area contributed by atoms with Gasteiger partial charge in [-0.2, -0.15) is 0 Å². The first-order valence-corrected chi connectivity index (χ1v) is 6.38. The van der Waals surface area contributed by atoms with E-state index < -0.39 is 12.1 Å². The van der Waals surface area contributed by atoms with Crippen molar-refractivity contribution < 1.29 is 14.6 Å². The SMILES string of the molecule is CCOC(CCN1CCCN(C)CC1)C(=O)O. The quantitative estimate of drug-likeness (QED) is 0.737. The minimum absolute atomic E-state index is 0.458. The molecule has 1 aliphatic rings. The van der Waals surface area contributed by atoms with Crippen LogP contribution in [-0.4, -0.2) is 73.4 Å². The molecule has 5 nitrogen and oxygen atoms in total. The fourth-order valence-electron chi connectivity index (χ4n) is 2.10. The normalized spacial score (nSPS) is 21.1. The van der Waals surface area contributed by atoms with E-state index in [1.54, 1.807) is 0 Å². The molecule has 1 fully saturated rings. The molecule has 0 amide bonds. The van der Waals surface area contributed by atoms with Crippen molar-refractivity contribution >= 4 is 5.97 Å². The Kier molecular flexibility index (Phi) is 6.47. The van der Waals surface area contributed by atoms with Crippen molar-refractivity contribution in [3.05, 3.63) is 0 Å².